The highest BCUT2D eigenvalue weighted by atomic mass is 19.4. The molecule has 1 aromatic rings. The summed E-state index contributed by atoms with van der Waals surface area (Å²) in [7, 11) is 1.29. The fraction of sp³-hybridized carbons (Fsp3) is 0.273. The molecular weight excluding hydrogens is 249 g/mol. The molecule has 0 aromatic heterocycles. The maximum absolute atomic E-state index is 12.0. The van der Waals surface area contributed by atoms with Crippen molar-refractivity contribution in [3.8, 4) is 11.8 Å². The van der Waals surface area contributed by atoms with E-state index in [1.165, 1.54) is 25.3 Å². The normalized spacial score (nSPS) is 10.6. The Hall–Kier alpha value is -2.23. The lowest BCUT2D eigenvalue weighted by Crippen LogP contribution is -2.21. The SMILES string of the molecule is COc1cc(C#N)ccc1NC(=O)CC(F)(F)F. The lowest BCUT2D eigenvalue weighted by Gasteiger charge is -2.11. The van der Waals surface area contributed by atoms with Crippen LogP contribution in [0.4, 0.5) is 18.9 Å². The summed E-state index contributed by atoms with van der Waals surface area (Å²) >= 11 is 0. The predicted molar refractivity (Wildman–Crippen MR) is 57.0 cm³/mol. The molecule has 1 N–H and O–H groups in total. The molecule has 0 saturated heterocycles. The van der Waals surface area contributed by atoms with Gasteiger partial charge in [-0.1, -0.05) is 0 Å². The van der Waals surface area contributed by atoms with E-state index < -0.39 is 18.5 Å². The van der Waals surface area contributed by atoms with Gasteiger partial charge in [0.1, 0.15) is 12.2 Å². The van der Waals surface area contributed by atoms with E-state index in [-0.39, 0.29) is 17.0 Å². The van der Waals surface area contributed by atoms with Crippen LogP contribution in [0.25, 0.3) is 0 Å². The van der Waals surface area contributed by atoms with Crippen LogP contribution in [-0.2, 0) is 4.79 Å². The smallest absolute Gasteiger partial charge is 0.397 e. The van der Waals surface area contributed by atoms with E-state index in [1.54, 1.807) is 0 Å². The number of alkyl halides is 3. The third-order valence-corrected chi connectivity index (χ3v) is 1.97. The zero-order valence-electron chi connectivity index (χ0n) is 9.34. The molecule has 4 nitrogen and oxygen atoms in total. The number of halogens is 3. The lowest BCUT2D eigenvalue weighted by molar-refractivity contribution is -0.150. The number of nitriles is 1. The molecular formula is C11H9F3N2O2. The molecule has 0 heterocycles. The van der Waals surface area contributed by atoms with Crippen molar-refractivity contribution in [3.63, 3.8) is 0 Å². The Bertz CT molecular complexity index is 492. The second-order valence-corrected chi connectivity index (χ2v) is 3.37. The van der Waals surface area contributed by atoms with Crippen molar-refractivity contribution in [1.29, 1.82) is 5.26 Å². The molecule has 0 aliphatic rings. The van der Waals surface area contributed by atoms with E-state index in [1.807, 2.05) is 6.07 Å². The van der Waals surface area contributed by atoms with Gasteiger partial charge in [-0.25, -0.2) is 0 Å². The van der Waals surface area contributed by atoms with Crippen LogP contribution < -0.4 is 10.1 Å². The highest BCUT2D eigenvalue weighted by molar-refractivity contribution is 5.92. The molecule has 0 aliphatic heterocycles. The fourth-order valence-corrected chi connectivity index (χ4v) is 1.24. The number of ether oxygens (including phenoxy) is 1. The highest BCUT2D eigenvalue weighted by Crippen LogP contribution is 2.27. The van der Waals surface area contributed by atoms with Crippen LogP contribution in [-0.4, -0.2) is 19.2 Å². The quantitative estimate of drug-likeness (QED) is 0.905. The van der Waals surface area contributed by atoms with Crippen LogP contribution in [0.5, 0.6) is 5.75 Å². The molecule has 0 atom stereocenters. The molecule has 0 saturated carbocycles. The molecule has 0 unspecified atom stereocenters. The molecule has 18 heavy (non-hydrogen) atoms. The van der Waals surface area contributed by atoms with Crippen molar-refractivity contribution in [2.75, 3.05) is 12.4 Å². The van der Waals surface area contributed by atoms with Gasteiger partial charge in [-0.05, 0) is 12.1 Å². The minimum Gasteiger partial charge on any atom is -0.495 e. The first-order valence-electron chi connectivity index (χ1n) is 4.80. The monoisotopic (exact) mass is 258 g/mol. The summed E-state index contributed by atoms with van der Waals surface area (Å²) in [5.74, 6) is -1.06. The maximum Gasteiger partial charge on any atom is 0.397 e. The molecule has 1 rings (SSSR count). The van der Waals surface area contributed by atoms with Crippen molar-refractivity contribution in [1.82, 2.24) is 0 Å². The standard InChI is InChI=1S/C11H9F3N2O2/c1-18-9-4-7(6-15)2-3-8(9)16-10(17)5-11(12,13)14/h2-4H,5H2,1H3,(H,16,17). The molecule has 0 bridgehead atoms. The molecule has 96 valence electrons. The number of methoxy groups -OCH3 is 1. The zero-order chi connectivity index (χ0) is 13.8. The summed E-state index contributed by atoms with van der Waals surface area (Å²) in [5, 5.41) is 10.7. The molecule has 0 aliphatic carbocycles. The summed E-state index contributed by atoms with van der Waals surface area (Å²) in [6.07, 6.45) is -6.14. The average molecular weight is 258 g/mol. The van der Waals surface area contributed by atoms with Crippen LogP contribution >= 0.6 is 0 Å². The van der Waals surface area contributed by atoms with Gasteiger partial charge in [-0.3, -0.25) is 4.79 Å². The van der Waals surface area contributed by atoms with Crippen molar-refractivity contribution >= 4 is 11.6 Å². The van der Waals surface area contributed by atoms with Crippen molar-refractivity contribution in [2.45, 2.75) is 12.6 Å². The average Bonchev–Trinajstić information content (AvgIpc) is 2.27. The lowest BCUT2D eigenvalue weighted by atomic mass is 10.2. The Labute approximate surface area is 101 Å². The van der Waals surface area contributed by atoms with Gasteiger partial charge in [0.05, 0.1) is 24.4 Å². The Balaban J connectivity index is 2.85. The summed E-state index contributed by atoms with van der Waals surface area (Å²) in [6, 6.07) is 5.85. The topological polar surface area (TPSA) is 62.1 Å². The third kappa shape index (κ3) is 3.97. The van der Waals surface area contributed by atoms with Gasteiger partial charge < -0.3 is 10.1 Å². The van der Waals surface area contributed by atoms with Gasteiger partial charge in [0.2, 0.25) is 5.91 Å². The largest absolute Gasteiger partial charge is 0.495 e. The number of carbonyl (C=O) groups is 1. The van der Waals surface area contributed by atoms with E-state index >= 15 is 0 Å². The summed E-state index contributed by atoms with van der Waals surface area (Å²) in [5.41, 5.74) is 0.367. The fourth-order valence-electron chi connectivity index (χ4n) is 1.24. The second kappa shape index (κ2) is 5.40. The van der Waals surface area contributed by atoms with E-state index in [9.17, 15) is 18.0 Å². The van der Waals surface area contributed by atoms with Gasteiger partial charge in [0.15, 0.2) is 0 Å². The number of nitrogens with zero attached hydrogens (tertiary/aromatic N) is 1. The van der Waals surface area contributed by atoms with Crippen LogP contribution in [0.3, 0.4) is 0 Å². The summed E-state index contributed by atoms with van der Waals surface area (Å²) in [4.78, 5) is 11.1. The van der Waals surface area contributed by atoms with Crippen LogP contribution in [0.15, 0.2) is 18.2 Å². The Kier molecular flexibility index (Phi) is 4.15. The first kappa shape index (κ1) is 13.8. The highest BCUT2D eigenvalue weighted by Gasteiger charge is 2.31. The minimum absolute atomic E-state index is 0.0887. The van der Waals surface area contributed by atoms with E-state index in [4.69, 9.17) is 10.00 Å². The van der Waals surface area contributed by atoms with Crippen molar-refractivity contribution in [2.24, 2.45) is 0 Å². The van der Waals surface area contributed by atoms with Gasteiger partial charge in [-0.2, -0.15) is 18.4 Å². The molecule has 0 fully saturated rings. The predicted octanol–water partition coefficient (Wildman–Crippen LogP) is 2.46. The number of benzene rings is 1. The van der Waals surface area contributed by atoms with Gasteiger partial charge in [0.25, 0.3) is 0 Å². The molecule has 7 heteroatoms. The summed E-state index contributed by atoms with van der Waals surface area (Å²) < 4.78 is 40.8. The zero-order valence-corrected chi connectivity index (χ0v) is 9.34. The minimum atomic E-state index is -4.57. The second-order valence-electron chi connectivity index (χ2n) is 3.37. The third-order valence-electron chi connectivity index (χ3n) is 1.97. The molecule has 0 radical (unpaired) electrons. The van der Waals surface area contributed by atoms with Gasteiger partial charge in [0, 0.05) is 6.07 Å². The van der Waals surface area contributed by atoms with Crippen molar-refractivity contribution < 1.29 is 22.7 Å². The number of amides is 1. The number of carbonyl (C=O) groups excluding carboxylic acids is 1. The van der Waals surface area contributed by atoms with Crippen LogP contribution in [0.1, 0.15) is 12.0 Å². The summed E-state index contributed by atoms with van der Waals surface area (Å²) in [6.45, 7) is 0. The van der Waals surface area contributed by atoms with Crippen LogP contribution in [0.2, 0.25) is 0 Å². The van der Waals surface area contributed by atoms with E-state index in [0.717, 1.165) is 0 Å². The van der Waals surface area contributed by atoms with Crippen molar-refractivity contribution in [3.05, 3.63) is 23.8 Å². The Morgan fingerprint density at radius 1 is 1.50 bits per heavy atom. The Morgan fingerprint density at radius 3 is 2.67 bits per heavy atom. The molecule has 1 amide bonds. The first-order valence-corrected chi connectivity index (χ1v) is 4.80. The molecule has 0 spiro atoms. The van der Waals surface area contributed by atoms with Crippen LogP contribution in [0, 0.1) is 11.3 Å². The van der Waals surface area contributed by atoms with Gasteiger partial charge in [-0.15, -0.1) is 0 Å². The van der Waals surface area contributed by atoms with Gasteiger partial charge >= 0.3 is 6.18 Å². The maximum atomic E-state index is 12.0. The molecule has 1 aromatic carbocycles. The number of hydrogen-bond acceptors (Lipinski definition) is 3. The number of rotatable bonds is 3. The number of anilines is 1. The first-order chi connectivity index (χ1) is 8.35. The Morgan fingerprint density at radius 2 is 2.17 bits per heavy atom. The van der Waals surface area contributed by atoms with E-state index in [0.29, 0.717) is 0 Å². The number of hydrogen-bond donors (Lipinski definition) is 1. The van der Waals surface area contributed by atoms with E-state index in [2.05, 4.69) is 5.32 Å². The number of nitrogens with one attached hydrogen (secondary N) is 1.